The molecule has 1 amide bonds. The van der Waals surface area contributed by atoms with E-state index in [1.165, 1.54) is 11.3 Å². The van der Waals surface area contributed by atoms with Crippen LogP contribution in [0.3, 0.4) is 0 Å². The molecular weight excluding hydrogens is 322 g/mol. The van der Waals surface area contributed by atoms with E-state index in [-0.39, 0.29) is 12.0 Å². The van der Waals surface area contributed by atoms with E-state index in [4.69, 9.17) is 4.74 Å². The van der Waals surface area contributed by atoms with Gasteiger partial charge < -0.3 is 4.74 Å². The van der Waals surface area contributed by atoms with Crippen molar-refractivity contribution >= 4 is 22.4 Å². The van der Waals surface area contributed by atoms with E-state index in [0.29, 0.717) is 16.4 Å². The average Bonchev–Trinajstić information content (AvgIpc) is 3.04. The Morgan fingerprint density at radius 2 is 1.92 bits per heavy atom. The van der Waals surface area contributed by atoms with Crippen LogP contribution in [0.4, 0.5) is 5.13 Å². The van der Waals surface area contributed by atoms with E-state index in [1.807, 2.05) is 44.2 Å². The van der Waals surface area contributed by atoms with E-state index in [0.717, 1.165) is 10.6 Å². The molecule has 0 aliphatic carbocycles. The van der Waals surface area contributed by atoms with Crippen molar-refractivity contribution in [1.29, 1.82) is 0 Å². The zero-order valence-electron chi connectivity index (χ0n) is 13.4. The second-order valence-electron chi connectivity index (χ2n) is 5.36. The molecule has 0 aliphatic rings. The number of carbonyl (C=O) groups is 1. The Bertz CT molecular complexity index is 831. The van der Waals surface area contributed by atoms with Crippen LogP contribution in [0.25, 0.3) is 10.6 Å². The fourth-order valence-corrected chi connectivity index (χ4v) is 2.92. The van der Waals surface area contributed by atoms with Gasteiger partial charge in [-0.15, -0.1) is 0 Å². The van der Waals surface area contributed by atoms with Crippen LogP contribution in [0.5, 0.6) is 5.75 Å². The molecular formula is C18H17N3O2S. The van der Waals surface area contributed by atoms with Gasteiger partial charge in [-0.3, -0.25) is 15.1 Å². The van der Waals surface area contributed by atoms with Crippen molar-refractivity contribution in [2.75, 3.05) is 5.32 Å². The molecule has 0 atom stereocenters. The highest BCUT2D eigenvalue weighted by Crippen LogP contribution is 2.28. The van der Waals surface area contributed by atoms with Gasteiger partial charge in [-0.2, -0.15) is 0 Å². The van der Waals surface area contributed by atoms with Crippen molar-refractivity contribution < 1.29 is 9.53 Å². The molecule has 0 saturated carbocycles. The number of pyridine rings is 1. The summed E-state index contributed by atoms with van der Waals surface area (Å²) in [4.78, 5) is 22.0. The van der Waals surface area contributed by atoms with Gasteiger partial charge in [-0.1, -0.05) is 29.5 Å². The zero-order valence-corrected chi connectivity index (χ0v) is 14.2. The lowest BCUT2D eigenvalue weighted by Gasteiger charge is -2.13. The van der Waals surface area contributed by atoms with Crippen LogP contribution in [0, 0.1) is 0 Å². The number of thiazole rings is 1. The Labute approximate surface area is 144 Å². The highest BCUT2D eigenvalue weighted by molar-refractivity contribution is 7.19. The molecule has 122 valence electrons. The van der Waals surface area contributed by atoms with Gasteiger partial charge in [0.15, 0.2) is 5.13 Å². The number of rotatable bonds is 5. The minimum atomic E-state index is -0.242. The minimum absolute atomic E-state index is 0.00503. The van der Waals surface area contributed by atoms with E-state index < -0.39 is 0 Å². The molecule has 2 heterocycles. The number of amides is 1. The molecule has 24 heavy (non-hydrogen) atoms. The Morgan fingerprint density at radius 1 is 1.12 bits per heavy atom. The van der Waals surface area contributed by atoms with Crippen molar-refractivity contribution in [3.63, 3.8) is 0 Å². The van der Waals surface area contributed by atoms with Crippen molar-refractivity contribution in [3.05, 3.63) is 60.4 Å². The molecule has 0 radical (unpaired) electrons. The summed E-state index contributed by atoms with van der Waals surface area (Å²) in [6, 6.07) is 12.9. The Balaban J connectivity index is 1.78. The Morgan fingerprint density at radius 3 is 2.67 bits per heavy atom. The van der Waals surface area contributed by atoms with Gasteiger partial charge in [-0.05, 0) is 38.1 Å². The highest BCUT2D eigenvalue weighted by Gasteiger charge is 2.15. The number of nitrogens with one attached hydrogen (secondary N) is 1. The lowest BCUT2D eigenvalue weighted by molar-refractivity contribution is 0.102. The summed E-state index contributed by atoms with van der Waals surface area (Å²) in [6.07, 6.45) is 3.43. The predicted molar refractivity (Wildman–Crippen MR) is 95.5 cm³/mol. The SMILES string of the molecule is CC(C)Oc1ccccc1C(=O)Nc1ncc(-c2ccccn2)s1. The van der Waals surface area contributed by atoms with E-state index in [2.05, 4.69) is 15.3 Å². The number of hydrogen-bond donors (Lipinski definition) is 1. The third-order valence-corrected chi connectivity index (χ3v) is 4.07. The summed E-state index contributed by atoms with van der Waals surface area (Å²) in [5, 5.41) is 3.35. The summed E-state index contributed by atoms with van der Waals surface area (Å²) in [6.45, 7) is 3.85. The molecule has 2 aromatic heterocycles. The summed E-state index contributed by atoms with van der Waals surface area (Å²) < 4.78 is 5.69. The second kappa shape index (κ2) is 7.23. The molecule has 0 aliphatic heterocycles. The highest BCUT2D eigenvalue weighted by atomic mass is 32.1. The maximum Gasteiger partial charge on any atom is 0.261 e. The smallest absolute Gasteiger partial charge is 0.261 e. The fraction of sp³-hybridized carbons (Fsp3) is 0.167. The van der Waals surface area contributed by atoms with Crippen LogP contribution in [0.15, 0.2) is 54.9 Å². The number of hydrogen-bond acceptors (Lipinski definition) is 5. The summed E-state index contributed by atoms with van der Waals surface area (Å²) >= 11 is 1.38. The molecule has 0 spiro atoms. The standard InChI is InChI=1S/C18H17N3O2S/c1-12(2)23-15-9-4-3-7-13(15)17(22)21-18-20-11-16(24-18)14-8-5-6-10-19-14/h3-12H,1-2H3,(H,20,21,22). The van der Waals surface area contributed by atoms with Crippen molar-refractivity contribution in [3.8, 4) is 16.3 Å². The number of para-hydroxylation sites is 1. The lowest BCUT2D eigenvalue weighted by atomic mass is 10.2. The maximum absolute atomic E-state index is 12.5. The minimum Gasteiger partial charge on any atom is -0.490 e. The molecule has 0 bridgehead atoms. The number of nitrogens with zero attached hydrogens (tertiary/aromatic N) is 2. The molecule has 3 rings (SSSR count). The van der Waals surface area contributed by atoms with Gasteiger partial charge in [0.1, 0.15) is 5.75 Å². The molecule has 1 aromatic carbocycles. The quantitative estimate of drug-likeness (QED) is 0.755. The zero-order chi connectivity index (χ0) is 16.9. The van der Waals surface area contributed by atoms with Gasteiger partial charge >= 0.3 is 0 Å². The van der Waals surface area contributed by atoms with Crippen molar-refractivity contribution in [2.45, 2.75) is 20.0 Å². The monoisotopic (exact) mass is 339 g/mol. The van der Waals surface area contributed by atoms with Crippen LogP contribution in [-0.4, -0.2) is 22.0 Å². The number of anilines is 1. The average molecular weight is 339 g/mol. The van der Waals surface area contributed by atoms with Gasteiger partial charge in [0.2, 0.25) is 0 Å². The molecule has 0 unspecified atom stereocenters. The van der Waals surface area contributed by atoms with E-state index >= 15 is 0 Å². The molecule has 6 heteroatoms. The number of ether oxygens (including phenoxy) is 1. The summed E-state index contributed by atoms with van der Waals surface area (Å²) in [5.41, 5.74) is 1.32. The van der Waals surface area contributed by atoms with Crippen LogP contribution in [-0.2, 0) is 0 Å². The van der Waals surface area contributed by atoms with Crippen molar-refractivity contribution in [1.82, 2.24) is 9.97 Å². The van der Waals surface area contributed by atoms with Gasteiger partial charge in [0.05, 0.1) is 22.2 Å². The summed E-state index contributed by atoms with van der Waals surface area (Å²) in [5.74, 6) is 0.319. The first-order chi connectivity index (χ1) is 11.6. The third kappa shape index (κ3) is 3.78. The van der Waals surface area contributed by atoms with Crippen LogP contribution in [0.1, 0.15) is 24.2 Å². The van der Waals surface area contributed by atoms with Crippen LogP contribution < -0.4 is 10.1 Å². The maximum atomic E-state index is 12.5. The van der Waals surface area contributed by atoms with Gasteiger partial charge in [0.25, 0.3) is 5.91 Å². The first-order valence-corrected chi connectivity index (χ1v) is 8.39. The van der Waals surface area contributed by atoms with Gasteiger partial charge in [-0.25, -0.2) is 4.98 Å². The number of aromatic nitrogens is 2. The van der Waals surface area contributed by atoms with Crippen LogP contribution >= 0.6 is 11.3 Å². The lowest BCUT2D eigenvalue weighted by Crippen LogP contribution is -2.15. The Hall–Kier alpha value is -2.73. The Kier molecular flexibility index (Phi) is 4.86. The molecule has 1 N–H and O–H groups in total. The molecule has 3 aromatic rings. The molecule has 5 nitrogen and oxygen atoms in total. The number of benzene rings is 1. The van der Waals surface area contributed by atoms with Crippen molar-refractivity contribution in [2.24, 2.45) is 0 Å². The van der Waals surface area contributed by atoms with Gasteiger partial charge in [0, 0.05) is 12.4 Å². The first kappa shape index (κ1) is 16.1. The largest absolute Gasteiger partial charge is 0.490 e. The first-order valence-electron chi connectivity index (χ1n) is 7.58. The molecule has 0 saturated heterocycles. The summed E-state index contributed by atoms with van der Waals surface area (Å²) in [7, 11) is 0. The third-order valence-electron chi connectivity index (χ3n) is 3.14. The van der Waals surface area contributed by atoms with E-state index in [9.17, 15) is 4.79 Å². The van der Waals surface area contributed by atoms with E-state index in [1.54, 1.807) is 24.5 Å². The normalized spacial score (nSPS) is 10.6. The second-order valence-corrected chi connectivity index (χ2v) is 6.39. The number of carbonyl (C=O) groups excluding carboxylic acids is 1. The predicted octanol–water partition coefficient (Wildman–Crippen LogP) is 4.24. The topological polar surface area (TPSA) is 64.1 Å². The fourth-order valence-electron chi connectivity index (χ4n) is 2.13. The molecule has 0 fully saturated rings. The van der Waals surface area contributed by atoms with Crippen LogP contribution in [0.2, 0.25) is 0 Å².